The number of hydrogen-bond acceptors (Lipinski definition) is 2. The lowest BCUT2D eigenvalue weighted by Gasteiger charge is -2.16. The van der Waals surface area contributed by atoms with E-state index in [2.05, 4.69) is 10.6 Å². The third-order valence-corrected chi connectivity index (χ3v) is 3.07. The van der Waals surface area contributed by atoms with Gasteiger partial charge in [-0.2, -0.15) is 0 Å². The molecule has 1 aliphatic carbocycles. The Labute approximate surface area is 71.3 Å². The van der Waals surface area contributed by atoms with Crippen LogP contribution in [0.4, 0.5) is 4.79 Å². The molecule has 12 heavy (non-hydrogen) atoms. The van der Waals surface area contributed by atoms with Gasteiger partial charge in [0.05, 0.1) is 0 Å². The summed E-state index contributed by atoms with van der Waals surface area (Å²) >= 11 is 0. The normalized spacial score (nSPS) is 39.5. The third-order valence-electron chi connectivity index (χ3n) is 3.07. The van der Waals surface area contributed by atoms with Crippen molar-refractivity contribution in [2.75, 3.05) is 13.1 Å². The van der Waals surface area contributed by atoms with Gasteiger partial charge in [0.1, 0.15) is 0 Å². The number of amides is 1. The first-order chi connectivity index (χ1) is 5.77. The van der Waals surface area contributed by atoms with E-state index in [1.165, 1.54) is 6.42 Å². The van der Waals surface area contributed by atoms with Crippen LogP contribution in [0.1, 0.15) is 12.8 Å². The van der Waals surface area contributed by atoms with Gasteiger partial charge in [-0.1, -0.05) is 0 Å². The van der Waals surface area contributed by atoms with Crippen LogP contribution in [0.3, 0.4) is 0 Å². The van der Waals surface area contributed by atoms with Crippen LogP contribution >= 0.6 is 0 Å². The van der Waals surface area contributed by atoms with Crippen LogP contribution in [0, 0.1) is 11.8 Å². The van der Waals surface area contributed by atoms with Gasteiger partial charge in [0.15, 0.2) is 0 Å². The molecule has 2 aliphatic rings. The van der Waals surface area contributed by atoms with Crippen molar-refractivity contribution in [2.24, 2.45) is 11.8 Å². The number of hydrogen-bond donors (Lipinski definition) is 3. The first kappa shape index (κ1) is 7.86. The number of carboxylic acid groups (broad SMARTS) is 1. The summed E-state index contributed by atoms with van der Waals surface area (Å²) in [6.07, 6.45) is 1.30. The van der Waals surface area contributed by atoms with Crippen molar-refractivity contribution in [3.63, 3.8) is 0 Å². The molecule has 1 aliphatic heterocycles. The zero-order chi connectivity index (χ0) is 8.55. The minimum absolute atomic E-state index is 0.197. The monoisotopic (exact) mass is 170 g/mol. The Morgan fingerprint density at radius 2 is 2.25 bits per heavy atom. The molecule has 1 heterocycles. The second-order valence-corrected chi connectivity index (χ2v) is 3.72. The van der Waals surface area contributed by atoms with Crippen LogP contribution < -0.4 is 10.6 Å². The fraction of sp³-hybridized carbons (Fsp3) is 0.875. The van der Waals surface area contributed by atoms with Gasteiger partial charge in [0.25, 0.3) is 0 Å². The molecule has 2 rings (SSSR count). The van der Waals surface area contributed by atoms with Crippen molar-refractivity contribution in [3.8, 4) is 0 Å². The summed E-state index contributed by atoms with van der Waals surface area (Å²) in [5.41, 5.74) is 0. The molecular weight excluding hydrogens is 156 g/mol. The predicted octanol–water partition coefficient (Wildman–Crippen LogP) is 0.252. The average Bonchev–Trinajstić information content (AvgIpc) is 2.52. The lowest BCUT2D eigenvalue weighted by molar-refractivity contribution is 0.186. The van der Waals surface area contributed by atoms with Crippen molar-refractivity contribution < 1.29 is 9.90 Å². The van der Waals surface area contributed by atoms with Gasteiger partial charge in [0.2, 0.25) is 0 Å². The quantitative estimate of drug-likeness (QED) is 0.528. The number of fused-ring (bicyclic) bond motifs is 1. The van der Waals surface area contributed by atoms with Gasteiger partial charge in [-0.15, -0.1) is 0 Å². The molecule has 3 N–H and O–H groups in total. The van der Waals surface area contributed by atoms with E-state index in [1.807, 2.05) is 0 Å². The average molecular weight is 170 g/mol. The van der Waals surface area contributed by atoms with E-state index >= 15 is 0 Å². The lowest BCUT2D eigenvalue weighted by Crippen LogP contribution is -2.38. The molecule has 0 radical (unpaired) electrons. The number of carbonyl (C=O) groups is 1. The molecule has 4 nitrogen and oxygen atoms in total. The fourth-order valence-electron chi connectivity index (χ4n) is 2.49. The molecule has 0 aromatic rings. The fourth-order valence-corrected chi connectivity index (χ4v) is 2.49. The van der Waals surface area contributed by atoms with Gasteiger partial charge in [-0.3, -0.25) is 0 Å². The summed E-state index contributed by atoms with van der Waals surface area (Å²) in [7, 11) is 0. The Kier molecular flexibility index (Phi) is 1.92. The topological polar surface area (TPSA) is 61.4 Å². The maximum absolute atomic E-state index is 10.4. The highest BCUT2D eigenvalue weighted by molar-refractivity contribution is 5.65. The summed E-state index contributed by atoms with van der Waals surface area (Å²) in [6.45, 7) is 2.05. The number of nitrogens with one attached hydrogen (secondary N) is 2. The molecule has 1 amide bonds. The summed E-state index contributed by atoms with van der Waals surface area (Å²) in [5.74, 6) is 1.25. The van der Waals surface area contributed by atoms with Gasteiger partial charge in [-0.05, 0) is 31.2 Å². The van der Waals surface area contributed by atoms with Crippen LogP contribution in [0.2, 0.25) is 0 Å². The molecule has 0 bridgehead atoms. The Morgan fingerprint density at radius 1 is 1.42 bits per heavy atom. The first-order valence-electron chi connectivity index (χ1n) is 4.47. The molecule has 1 saturated heterocycles. The van der Waals surface area contributed by atoms with E-state index in [-0.39, 0.29) is 6.04 Å². The lowest BCUT2D eigenvalue weighted by atomic mass is 9.98. The third kappa shape index (κ3) is 1.27. The van der Waals surface area contributed by atoms with Crippen molar-refractivity contribution in [1.82, 2.24) is 10.6 Å². The molecule has 3 unspecified atom stereocenters. The molecule has 1 saturated carbocycles. The van der Waals surface area contributed by atoms with Gasteiger partial charge >= 0.3 is 6.09 Å². The van der Waals surface area contributed by atoms with E-state index < -0.39 is 6.09 Å². The van der Waals surface area contributed by atoms with E-state index in [0.29, 0.717) is 11.8 Å². The van der Waals surface area contributed by atoms with Crippen molar-refractivity contribution >= 4 is 6.09 Å². The molecule has 4 heteroatoms. The summed E-state index contributed by atoms with van der Waals surface area (Å²) in [5, 5.41) is 14.4. The van der Waals surface area contributed by atoms with Crippen LogP contribution in [-0.4, -0.2) is 30.3 Å². The maximum Gasteiger partial charge on any atom is 0.404 e. The molecule has 0 aromatic carbocycles. The highest BCUT2D eigenvalue weighted by Crippen LogP contribution is 2.34. The summed E-state index contributed by atoms with van der Waals surface area (Å²) in [6, 6.07) is 0.197. The van der Waals surface area contributed by atoms with E-state index in [0.717, 1.165) is 19.5 Å². The Hall–Kier alpha value is -0.770. The van der Waals surface area contributed by atoms with Crippen LogP contribution in [0.25, 0.3) is 0 Å². The van der Waals surface area contributed by atoms with Gasteiger partial charge < -0.3 is 15.7 Å². The minimum Gasteiger partial charge on any atom is -0.465 e. The highest BCUT2D eigenvalue weighted by atomic mass is 16.4. The molecule has 0 aromatic heterocycles. The maximum atomic E-state index is 10.4. The van der Waals surface area contributed by atoms with Crippen LogP contribution in [0.5, 0.6) is 0 Å². The SMILES string of the molecule is O=C(O)NC1CCC2CNCC21. The zero-order valence-corrected chi connectivity index (χ0v) is 6.92. The van der Waals surface area contributed by atoms with Gasteiger partial charge in [0, 0.05) is 12.6 Å². The largest absolute Gasteiger partial charge is 0.465 e. The van der Waals surface area contributed by atoms with Crippen molar-refractivity contribution in [3.05, 3.63) is 0 Å². The minimum atomic E-state index is -0.882. The van der Waals surface area contributed by atoms with Crippen LogP contribution in [-0.2, 0) is 0 Å². The molecule has 0 spiro atoms. The van der Waals surface area contributed by atoms with Crippen LogP contribution in [0.15, 0.2) is 0 Å². The van der Waals surface area contributed by atoms with Gasteiger partial charge in [-0.25, -0.2) is 4.79 Å². The van der Waals surface area contributed by atoms with Crippen molar-refractivity contribution in [2.45, 2.75) is 18.9 Å². The summed E-state index contributed by atoms with van der Waals surface area (Å²) in [4.78, 5) is 10.4. The number of rotatable bonds is 1. The smallest absolute Gasteiger partial charge is 0.404 e. The molecule has 68 valence electrons. The first-order valence-corrected chi connectivity index (χ1v) is 4.47. The second-order valence-electron chi connectivity index (χ2n) is 3.72. The Bertz CT molecular complexity index is 195. The predicted molar refractivity (Wildman–Crippen MR) is 44.0 cm³/mol. The van der Waals surface area contributed by atoms with E-state index in [4.69, 9.17) is 5.11 Å². The highest BCUT2D eigenvalue weighted by Gasteiger charge is 2.39. The molecular formula is C8H14N2O2. The second kappa shape index (κ2) is 2.94. The van der Waals surface area contributed by atoms with E-state index in [1.54, 1.807) is 0 Å². The Morgan fingerprint density at radius 3 is 3.00 bits per heavy atom. The standard InChI is InChI=1S/C8H14N2O2/c11-8(12)10-7-2-1-5-3-9-4-6(5)7/h5-7,9-10H,1-4H2,(H,11,12). The summed E-state index contributed by atoms with van der Waals surface area (Å²) < 4.78 is 0. The molecule has 3 atom stereocenters. The molecule has 2 fully saturated rings. The zero-order valence-electron chi connectivity index (χ0n) is 6.92. The van der Waals surface area contributed by atoms with E-state index in [9.17, 15) is 4.79 Å². The Balaban J connectivity index is 1.95. The van der Waals surface area contributed by atoms with Crippen molar-refractivity contribution in [1.29, 1.82) is 0 Å².